The average molecular weight is 159 g/mol. The number of carbonyl (C=O) groups excluding carboxylic acids is 1. The number of ether oxygens (including phenoxy) is 1. The van der Waals surface area contributed by atoms with Crippen molar-refractivity contribution >= 4 is 6.09 Å². The van der Waals surface area contributed by atoms with Crippen molar-refractivity contribution in [2.24, 2.45) is 5.41 Å². The van der Waals surface area contributed by atoms with Crippen molar-refractivity contribution in [3.63, 3.8) is 0 Å². The maximum absolute atomic E-state index is 10.7. The first kappa shape index (κ1) is 8.33. The summed E-state index contributed by atoms with van der Waals surface area (Å²) in [7, 11) is 0. The van der Waals surface area contributed by atoms with Crippen LogP contribution in [-0.4, -0.2) is 18.8 Å². The highest BCUT2D eigenvalue weighted by Gasteiger charge is 2.31. The van der Waals surface area contributed by atoms with Gasteiger partial charge < -0.3 is 4.74 Å². The first-order valence-corrected chi connectivity index (χ1v) is 3.58. The monoisotopic (exact) mass is 159 g/mol. The third-order valence-corrected chi connectivity index (χ3v) is 1.61. The van der Waals surface area contributed by atoms with E-state index in [1.54, 1.807) is 0 Å². The lowest BCUT2D eigenvalue weighted by Gasteiger charge is -2.32. The SMILES string of the molecule is CC(C)(C)C1CONC(=O)O1. The zero-order chi connectivity index (χ0) is 8.48. The van der Waals surface area contributed by atoms with Crippen molar-refractivity contribution < 1.29 is 14.4 Å². The summed E-state index contributed by atoms with van der Waals surface area (Å²) in [5.41, 5.74) is 2.07. The van der Waals surface area contributed by atoms with Crippen LogP contribution in [0.3, 0.4) is 0 Å². The molecule has 1 saturated heterocycles. The smallest absolute Gasteiger partial charge is 0.431 e. The maximum atomic E-state index is 10.7. The summed E-state index contributed by atoms with van der Waals surface area (Å²) < 4.78 is 4.98. The van der Waals surface area contributed by atoms with E-state index in [0.29, 0.717) is 6.61 Å². The number of carbonyl (C=O) groups is 1. The molecule has 1 aliphatic heterocycles. The van der Waals surface area contributed by atoms with Crippen molar-refractivity contribution in [3.05, 3.63) is 0 Å². The topological polar surface area (TPSA) is 47.6 Å². The van der Waals surface area contributed by atoms with Gasteiger partial charge >= 0.3 is 6.09 Å². The molecule has 1 amide bonds. The van der Waals surface area contributed by atoms with E-state index in [1.165, 1.54) is 0 Å². The molecule has 1 N–H and O–H groups in total. The van der Waals surface area contributed by atoms with E-state index < -0.39 is 6.09 Å². The fourth-order valence-corrected chi connectivity index (χ4v) is 0.790. The minimum absolute atomic E-state index is 0.0578. The summed E-state index contributed by atoms with van der Waals surface area (Å²) >= 11 is 0. The van der Waals surface area contributed by atoms with Crippen LogP contribution < -0.4 is 5.48 Å². The zero-order valence-corrected chi connectivity index (χ0v) is 7.01. The second-order valence-electron chi connectivity index (χ2n) is 3.67. The first-order valence-electron chi connectivity index (χ1n) is 3.58. The molecule has 64 valence electrons. The van der Waals surface area contributed by atoms with Gasteiger partial charge in [0.2, 0.25) is 0 Å². The van der Waals surface area contributed by atoms with Gasteiger partial charge in [-0.1, -0.05) is 20.8 Å². The van der Waals surface area contributed by atoms with Crippen LogP contribution in [0.4, 0.5) is 4.79 Å². The molecule has 0 saturated carbocycles. The minimum Gasteiger partial charge on any atom is -0.442 e. The molecule has 0 spiro atoms. The fourth-order valence-electron chi connectivity index (χ4n) is 0.790. The molecule has 1 rings (SSSR count). The Morgan fingerprint density at radius 1 is 1.55 bits per heavy atom. The summed E-state index contributed by atoms with van der Waals surface area (Å²) in [4.78, 5) is 15.5. The Bertz CT molecular complexity index is 162. The Morgan fingerprint density at radius 2 is 2.18 bits per heavy atom. The second-order valence-corrected chi connectivity index (χ2v) is 3.67. The molecule has 0 aromatic heterocycles. The third-order valence-electron chi connectivity index (χ3n) is 1.61. The molecule has 1 aliphatic rings. The quantitative estimate of drug-likeness (QED) is 0.575. The number of cyclic esters (lactones) is 1. The summed E-state index contributed by atoms with van der Waals surface area (Å²) in [6.07, 6.45) is -0.660. The summed E-state index contributed by atoms with van der Waals surface area (Å²) in [5.74, 6) is 0. The highest BCUT2D eigenvalue weighted by Crippen LogP contribution is 2.23. The van der Waals surface area contributed by atoms with Crippen LogP contribution in [0.1, 0.15) is 20.8 Å². The summed E-state index contributed by atoms with van der Waals surface area (Å²) in [6, 6.07) is 0. The van der Waals surface area contributed by atoms with Gasteiger partial charge in [0.05, 0.1) is 0 Å². The van der Waals surface area contributed by atoms with Crippen LogP contribution in [0, 0.1) is 5.41 Å². The number of nitrogens with one attached hydrogen (secondary N) is 1. The standard InChI is InChI=1S/C7H13NO3/c1-7(2,3)5-4-10-8-6(9)11-5/h5H,4H2,1-3H3,(H,8,9). The van der Waals surface area contributed by atoms with E-state index in [9.17, 15) is 4.79 Å². The van der Waals surface area contributed by atoms with E-state index in [4.69, 9.17) is 9.57 Å². The lowest BCUT2D eigenvalue weighted by molar-refractivity contribution is -0.107. The number of hydrogen-bond donors (Lipinski definition) is 1. The Hall–Kier alpha value is -0.770. The van der Waals surface area contributed by atoms with E-state index in [2.05, 4.69) is 5.48 Å². The number of hydrogen-bond acceptors (Lipinski definition) is 3. The van der Waals surface area contributed by atoms with Gasteiger partial charge in [-0.3, -0.25) is 4.84 Å². The molecule has 11 heavy (non-hydrogen) atoms. The van der Waals surface area contributed by atoms with Crippen molar-refractivity contribution in [1.29, 1.82) is 0 Å². The molecule has 1 atom stereocenters. The highest BCUT2D eigenvalue weighted by molar-refractivity contribution is 5.66. The van der Waals surface area contributed by atoms with E-state index in [1.807, 2.05) is 20.8 Å². The minimum atomic E-state index is -0.504. The molecule has 0 aromatic rings. The average Bonchev–Trinajstić information content (AvgIpc) is 1.86. The molecule has 0 aliphatic carbocycles. The lowest BCUT2D eigenvalue weighted by atomic mass is 9.89. The summed E-state index contributed by atoms with van der Waals surface area (Å²) in [5, 5.41) is 0. The molecule has 0 bridgehead atoms. The molecule has 0 radical (unpaired) electrons. The van der Waals surface area contributed by atoms with Crippen molar-refractivity contribution in [2.75, 3.05) is 6.61 Å². The third kappa shape index (κ3) is 2.08. The van der Waals surface area contributed by atoms with E-state index in [0.717, 1.165) is 0 Å². The molecule has 4 heteroatoms. The van der Waals surface area contributed by atoms with Gasteiger partial charge in [-0.15, -0.1) is 0 Å². The van der Waals surface area contributed by atoms with Crippen molar-refractivity contribution in [3.8, 4) is 0 Å². The van der Waals surface area contributed by atoms with Crippen LogP contribution in [0.5, 0.6) is 0 Å². The van der Waals surface area contributed by atoms with Gasteiger partial charge in [-0.25, -0.2) is 4.79 Å². The normalized spacial score (nSPS) is 25.7. The van der Waals surface area contributed by atoms with Gasteiger partial charge in [0.1, 0.15) is 12.7 Å². The number of amides is 1. The molecule has 4 nitrogen and oxygen atoms in total. The molecule has 1 unspecified atom stereocenters. The van der Waals surface area contributed by atoms with E-state index in [-0.39, 0.29) is 11.5 Å². The highest BCUT2D eigenvalue weighted by atomic mass is 16.7. The van der Waals surface area contributed by atoms with Gasteiger partial charge in [-0.2, -0.15) is 5.48 Å². The number of hydroxylamine groups is 1. The maximum Gasteiger partial charge on any atom is 0.431 e. The Kier molecular flexibility index (Phi) is 2.04. The molecule has 0 aromatic carbocycles. The number of rotatable bonds is 0. The van der Waals surface area contributed by atoms with Gasteiger partial charge in [0.25, 0.3) is 0 Å². The Labute approximate surface area is 65.8 Å². The Balaban J connectivity index is 2.53. The molecular formula is C7H13NO3. The van der Waals surface area contributed by atoms with Gasteiger partial charge in [0.15, 0.2) is 0 Å². The molecule has 1 fully saturated rings. The predicted octanol–water partition coefficient (Wildman–Crippen LogP) is 1.07. The van der Waals surface area contributed by atoms with Crippen molar-refractivity contribution in [1.82, 2.24) is 5.48 Å². The van der Waals surface area contributed by atoms with Crippen molar-refractivity contribution in [2.45, 2.75) is 26.9 Å². The predicted molar refractivity (Wildman–Crippen MR) is 38.8 cm³/mol. The first-order chi connectivity index (χ1) is 5.00. The largest absolute Gasteiger partial charge is 0.442 e. The van der Waals surface area contributed by atoms with Crippen LogP contribution in [0.15, 0.2) is 0 Å². The molecular weight excluding hydrogens is 146 g/mol. The van der Waals surface area contributed by atoms with Crippen LogP contribution in [0.25, 0.3) is 0 Å². The van der Waals surface area contributed by atoms with Gasteiger partial charge in [-0.05, 0) is 0 Å². The Morgan fingerprint density at radius 3 is 2.55 bits per heavy atom. The fraction of sp³-hybridized carbons (Fsp3) is 0.857. The van der Waals surface area contributed by atoms with E-state index >= 15 is 0 Å². The summed E-state index contributed by atoms with van der Waals surface area (Å²) in [6.45, 7) is 6.41. The second kappa shape index (κ2) is 2.70. The lowest BCUT2D eigenvalue weighted by Crippen LogP contribution is -2.45. The van der Waals surface area contributed by atoms with Crippen LogP contribution in [-0.2, 0) is 9.57 Å². The molecule has 1 heterocycles. The van der Waals surface area contributed by atoms with Crippen LogP contribution >= 0.6 is 0 Å². The zero-order valence-electron chi connectivity index (χ0n) is 7.01. The van der Waals surface area contributed by atoms with Gasteiger partial charge in [0, 0.05) is 5.41 Å². The van der Waals surface area contributed by atoms with Crippen LogP contribution in [0.2, 0.25) is 0 Å².